The minimum Gasteiger partial charge on any atom is -0.310 e. The van der Waals surface area contributed by atoms with Gasteiger partial charge in [-0.2, -0.15) is 0 Å². The van der Waals surface area contributed by atoms with Gasteiger partial charge in [-0.15, -0.1) is 0 Å². The lowest BCUT2D eigenvalue weighted by molar-refractivity contribution is 0.573. The lowest BCUT2D eigenvalue weighted by Crippen LogP contribution is -2.24. The fraction of sp³-hybridized carbons (Fsp3) is 0.625. The molecule has 0 heterocycles. The van der Waals surface area contributed by atoms with Gasteiger partial charge in [0.2, 0.25) is 10.0 Å². The number of benzene rings is 1. The molecule has 1 saturated carbocycles. The van der Waals surface area contributed by atoms with E-state index in [1.54, 1.807) is 12.1 Å². The van der Waals surface area contributed by atoms with Crippen molar-refractivity contribution >= 4 is 10.0 Å². The topological polar surface area (TPSA) is 58.2 Å². The summed E-state index contributed by atoms with van der Waals surface area (Å²) in [7, 11) is -3.35. The molecule has 0 saturated heterocycles. The fourth-order valence-electron chi connectivity index (χ4n) is 2.18. The third-order valence-electron chi connectivity index (χ3n) is 3.73. The van der Waals surface area contributed by atoms with Crippen LogP contribution in [0.1, 0.15) is 51.0 Å². The average molecular weight is 310 g/mol. The summed E-state index contributed by atoms with van der Waals surface area (Å²) in [6.07, 6.45) is 6.80. The van der Waals surface area contributed by atoms with Crippen LogP contribution in [0.15, 0.2) is 29.2 Å². The molecule has 0 unspecified atom stereocenters. The Labute approximate surface area is 128 Å². The van der Waals surface area contributed by atoms with Crippen LogP contribution >= 0.6 is 0 Å². The van der Waals surface area contributed by atoms with Crippen molar-refractivity contribution in [3.63, 3.8) is 0 Å². The Morgan fingerprint density at radius 3 is 2.43 bits per heavy atom. The molecular formula is C16H26N2O2S. The molecule has 0 radical (unpaired) electrons. The second-order valence-corrected chi connectivity index (χ2v) is 7.52. The van der Waals surface area contributed by atoms with Crippen LogP contribution in [-0.2, 0) is 16.6 Å². The summed E-state index contributed by atoms with van der Waals surface area (Å²) < 4.78 is 26.9. The quantitative estimate of drug-likeness (QED) is 0.653. The van der Waals surface area contributed by atoms with Crippen LogP contribution in [-0.4, -0.2) is 21.0 Å². The van der Waals surface area contributed by atoms with Gasteiger partial charge < -0.3 is 5.32 Å². The van der Waals surface area contributed by atoms with Gasteiger partial charge in [-0.3, -0.25) is 0 Å². The molecule has 1 aliphatic rings. The normalized spacial score (nSPS) is 15.3. The highest BCUT2D eigenvalue weighted by Crippen LogP contribution is 2.19. The Morgan fingerprint density at radius 2 is 1.81 bits per heavy atom. The molecule has 2 rings (SSSR count). The zero-order valence-electron chi connectivity index (χ0n) is 12.8. The van der Waals surface area contributed by atoms with E-state index in [2.05, 4.69) is 17.0 Å². The number of unbranched alkanes of at least 4 members (excludes halogenated alkanes) is 3. The van der Waals surface area contributed by atoms with Gasteiger partial charge in [0.05, 0.1) is 4.90 Å². The van der Waals surface area contributed by atoms with Gasteiger partial charge in [0.25, 0.3) is 0 Å². The van der Waals surface area contributed by atoms with E-state index >= 15 is 0 Å². The molecule has 1 aliphatic carbocycles. The molecule has 21 heavy (non-hydrogen) atoms. The van der Waals surface area contributed by atoms with E-state index < -0.39 is 10.0 Å². The van der Waals surface area contributed by atoms with Crippen LogP contribution in [0.5, 0.6) is 0 Å². The van der Waals surface area contributed by atoms with Gasteiger partial charge in [-0.1, -0.05) is 38.3 Å². The maximum absolute atomic E-state index is 12.1. The Kier molecular flexibility index (Phi) is 6.21. The Hall–Kier alpha value is -0.910. The van der Waals surface area contributed by atoms with E-state index in [0.29, 0.717) is 17.5 Å². The summed E-state index contributed by atoms with van der Waals surface area (Å²) in [5.41, 5.74) is 1.13. The van der Waals surface area contributed by atoms with Gasteiger partial charge >= 0.3 is 0 Å². The largest absolute Gasteiger partial charge is 0.310 e. The predicted molar refractivity (Wildman–Crippen MR) is 85.6 cm³/mol. The molecule has 2 N–H and O–H groups in total. The SMILES string of the molecule is CCCCCCNS(=O)(=O)c1ccc(CNC2CC2)cc1. The second kappa shape index (κ2) is 7.92. The molecule has 0 amide bonds. The first-order valence-corrected chi connectivity index (χ1v) is 9.42. The molecular weight excluding hydrogens is 284 g/mol. The fourth-order valence-corrected chi connectivity index (χ4v) is 3.25. The summed E-state index contributed by atoms with van der Waals surface area (Å²) in [4.78, 5) is 0.355. The minimum absolute atomic E-state index is 0.355. The molecule has 1 aromatic rings. The van der Waals surface area contributed by atoms with Crippen molar-refractivity contribution in [1.82, 2.24) is 10.0 Å². The number of hydrogen-bond donors (Lipinski definition) is 2. The molecule has 118 valence electrons. The Morgan fingerprint density at radius 1 is 1.10 bits per heavy atom. The van der Waals surface area contributed by atoms with Crippen molar-refractivity contribution in [2.24, 2.45) is 0 Å². The van der Waals surface area contributed by atoms with Crippen molar-refractivity contribution < 1.29 is 8.42 Å². The predicted octanol–water partition coefficient (Wildman–Crippen LogP) is 2.80. The third kappa shape index (κ3) is 5.77. The molecule has 5 heteroatoms. The summed E-state index contributed by atoms with van der Waals surface area (Å²) in [6.45, 7) is 3.48. The van der Waals surface area contributed by atoms with E-state index in [-0.39, 0.29) is 0 Å². The average Bonchev–Trinajstić information content (AvgIpc) is 3.29. The Bertz CT molecular complexity index is 522. The molecule has 1 fully saturated rings. The minimum atomic E-state index is -3.35. The number of sulfonamides is 1. The van der Waals surface area contributed by atoms with Crippen LogP contribution in [0.4, 0.5) is 0 Å². The first-order chi connectivity index (χ1) is 10.1. The lowest BCUT2D eigenvalue weighted by atomic mass is 10.2. The van der Waals surface area contributed by atoms with Crippen LogP contribution in [0.3, 0.4) is 0 Å². The smallest absolute Gasteiger partial charge is 0.240 e. The van der Waals surface area contributed by atoms with Gasteiger partial charge in [0, 0.05) is 19.1 Å². The number of rotatable bonds is 10. The molecule has 0 aromatic heterocycles. The van der Waals surface area contributed by atoms with E-state index in [0.717, 1.165) is 37.8 Å². The van der Waals surface area contributed by atoms with E-state index in [4.69, 9.17) is 0 Å². The number of nitrogens with one attached hydrogen (secondary N) is 2. The first kappa shape index (κ1) is 16.5. The second-order valence-electron chi connectivity index (χ2n) is 5.76. The van der Waals surface area contributed by atoms with Crippen LogP contribution in [0.2, 0.25) is 0 Å². The van der Waals surface area contributed by atoms with Gasteiger partial charge in [-0.25, -0.2) is 13.1 Å². The summed E-state index contributed by atoms with van der Waals surface area (Å²) in [5.74, 6) is 0. The van der Waals surface area contributed by atoms with Crippen molar-refractivity contribution in [3.05, 3.63) is 29.8 Å². The highest BCUT2D eigenvalue weighted by atomic mass is 32.2. The standard InChI is InChI=1S/C16H26N2O2S/c1-2-3-4-5-12-18-21(19,20)16-10-6-14(7-11-16)13-17-15-8-9-15/h6-7,10-11,15,17-18H,2-5,8-9,12-13H2,1H3. The van der Waals surface area contributed by atoms with Crippen molar-refractivity contribution in [1.29, 1.82) is 0 Å². The zero-order valence-corrected chi connectivity index (χ0v) is 13.6. The maximum Gasteiger partial charge on any atom is 0.240 e. The monoisotopic (exact) mass is 310 g/mol. The van der Waals surface area contributed by atoms with Crippen molar-refractivity contribution in [2.75, 3.05) is 6.54 Å². The summed E-state index contributed by atoms with van der Waals surface area (Å²) >= 11 is 0. The van der Waals surface area contributed by atoms with Gasteiger partial charge in [0.1, 0.15) is 0 Å². The van der Waals surface area contributed by atoms with E-state index in [1.807, 2.05) is 12.1 Å². The number of hydrogen-bond acceptors (Lipinski definition) is 3. The zero-order chi connectivity index (χ0) is 15.1. The highest BCUT2D eigenvalue weighted by molar-refractivity contribution is 7.89. The van der Waals surface area contributed by atoms with E-state index in [9.17, 15) is 8.42 Å². The van der Waals surface area contributed by atoms with Gasteiger partial charge in [-0.05, 0) is 37.0 Å². The lowest BCUT2D eigenvalue weighted by Gasteiger charge is -2.08. The summed E-state index contributed by atoms with van der Waals surface area (Å²) in [6, 6.07) is 7.83. The Balaban J connectivity index is 1.80. The van der Waals surface area contributed by atoms with Gasteiger partial charge in [0.15, 0.2) is 0 Å². The molecule has 0 bridgehead atoms. The summed E-state index contributed by atoms with van der Waals surface area (Å²) in [5, 5.41) is 3.42. The third-order valence-corrected chi connectivity index (χ3v) is 5.21. The molecule has 0 aliphatic heterocycles. The van der Waals surface area contributed by atoms with Crippen LogP contribution < -0.4 is 10.0 Å². The van der Waals surface area contributed by atoms with E-state index in [1.165, 1.54) is 12.8 Å². The van der Waals surface area contributed by atoms with Crippen LogP contribution in [0.25, 0.3) is 0 Å². The molecule has 1 aromatic carbocycles. The highest BCUT2D eigenvalue weighted by Gasteiger charge is 2.20. The van der Waals surface area contributed by atoms with Crippen LogP contribution in [0, 0.1) is 0 Å². The first-order valence-electron chi connectivity index (χ1n) is 7.94. The molecule has 0 atom stereocenters. The molecule has 4 nitrogen and oxygen atoms in total. The maximum atomic E-state index is 12.1. The molecule has 0 spiro atoms. The van der Waals surface area contributed by atoms with Crippen molar-refractivity contribution in [2.45, 2.75) is 62.9 Å². The van der Waals surface area contributed by atoms with Crippen molar-refractivity contribution in [3.8, 4) is 0 Å².